The summed E-state index contributed by atoms with van der Waals surface area (Å²) in [4.78, 5) is 11.1. The predicted molar refractivity (Wildman–Crippen MR) is 51.6 cm³/mol. The van der Waals surface area contributed by atoms with Crippen LogP contribution in [0.15, 0.2) is 12.1 Å². The highest BCUT2D eigenvalue weighted by atomic mass is 16.6. The van der Waals surface area contributed by atoms with E-state index in [-0.39, 0.29) is 12.5 Å². The second kappa shape index (κ2) is 3.05. The lowest BCUT2D eigenvalue weighted by Gasteiger charge is -2.23. The molecule has 1 aromatic rings. The van der Waals surface area contributed by atoms with Crippen LogP contribution in [0.25, 0.3) is 0 Å². The summed E-state index contributed by atoms with van der Waals surface area (Å²) >= 11 is 0. The van der Waals surface area contributed by atoms with Crippen LogP contribution in [0.4, 0.5) is 5.69 Å². The molecule has 1 amide bonds. The summed E-state index contributed by atoms with van der Waals surface area (Å²) < 4.78 is 16.0. The van der Waals surface area contributed by atoms with Gasteiger partial charge >= 0.3 is 0 Å². The molecule has 0 unspecified atom stereocenters. The summed E-state index contributed by atoms with van der Waals surface area (Å²) in [5.74, 6) is 1.78. The van der Waals surface area contributed by atoms with E-state index < -0.39 is 0 Å². The third-order valence-corrected chi connectivity index (χ3v) is 2.28. The van der Waals surface area contributed by atoms with Gasteiger partial charge < -0.3 is 19.5 Å². The average molecular weight is 207 g/mol. The number of anilines is 1. The van der Waals surface area contributed by atoms with Crippen LogP contribution in [-0.2, 0) is 4.79 Å². The van der Waals surface area contributed by atoms with Crippen LogP contribution in [0.2, 0.25) is 0 Å². The van der Waals surface area contributed by atoms with Crippen molar-refractivity contribution in [1.82, 2.24) is 0 Å². The van der Waals surface area contributed by atoms with E-state index >= 15 is 0 Å². The van der Waals surface area contributed by atoms with Crippen LogP contribution < -0.4 is 19.5 Å². The van der Waals surface area contributed by atoms with Gasteiger partial charge in [0, 0.05) is 12.1 Å². The third kappa shape index (κ3) is 1.36. The van der Waals surface area contributed by atoms with E-state index in [9.17, 15) is 4.79 Å². The Morgan fingerprint density at radius 2 is 1.73 bits per heavy atom. The van der Waals surface area contributed by atoms with E-state index in [4.69, 9.17) is 14.2 Å². The lowest BCUT2D eigenvalue weighted by atomic mass is 10.2. The molecule has 0 aromatic heterocycles. The Hall–Kier alpha value is -1.91. The molecule has 1 N–H and O–H groups in total. The standard InChI is InChI=1S/C10H9NO4/c12-10-5-15-7-4-9-8(3-6(7)11-10)13-1-2-14-9/h3-4H,1-2,5H2,(H,11,12). The number of carbonyl (C=O) groups excluding carboxylic acids is 1. The highest BCUT2D eigenvalue weighted by molar-refractivity contribution is 5.95. The fourth-order valence-electron chi connectivity index (χ4n) is 1.62. The smallest absolute Gasteiger partial charge is 0.262 e. The minimum absolute atomic E-state index is 0.0483. The van der Waals surface area contributed by atoms with Gasteiger partial charge in [-0.25, -0.2) is 0 Å². The normalized spacial score (nSPS) is 17.5. The number of ether oxygens (including phenoxy) is 3. The molecule has 5 nitrogen and oxygen atoms in total. The van der Waals surface area contributed by atoms with E-state index in [0.717, 1.165) is 0 Å². The molecule has 3 rings (SSSR count). The Bertz CT molecular complexity index is 430. The van der Waals surface area contributed by atoms with Crippen LogP contribution in [0.5, 0.6) is 17.2 Å². The van der Waals surface area contributed by atoms with Gasteiger partial charge in [0.1, 0.15) is 19.0 Å². The molecule has 2 aliphatic heterocycles. The number of amides is 1. The quantitative estimate of drug-likeness (QED) is 0.683. The second-order valence-corrected chi connectivity index (χ2v) is 3.33. The molecule has 2 heterocycles. The molecule has 0 radical (unpaired) electrons. The van der Waals surface area contributed by atoms with Crippen molar-refractivity contribution in [2.75, 3.05) is 25.1 Å². The van der Waals surface area contributed by atoms with Gasteiger partial charge in [-0.2, -0.15) is 0 Å². The molecule has 0 atom stereocenters. The van der Waals surface area contributed by atoms with Gasteiger partial charge in [0.15, 0.2) is 18.1 Å². The molecule has 0 spiro atoms. The zero-order valence-electron chi connectivity index (χ0n) is 7.91. The summed E-state index contributed by atoms with van der Waals surface area (Å²) in [7, 11) is 0. The summed E-state index contributed by atoms with van der Waals surface area (Å²) in [5.41, 5.74) is 0.635. The van der Waals surface area contributed by atoms with Gasteiger partial charge in [-0.1, -0.05) is 0 Å². The van der Waals surface area contributed by atoms with Crippen molar-refractivity contribution in [1.29, 1.82) is 0 Å². The minimum atomic E-state index is -0.154. The lowest BCUT2D eigenvalue weighted by Crippen LogP contribution is -2.26. The first kappa shape index (κ1) is 8.40. The molecular weight excluding hydrogens is 198 g/mol. The Balaban J connectivity index is 2.06. The first-order chi connectivity index (χ1) is 7.33. The molecule has 0 saturated heterocycles. The van der Waals surface area contributed by atoms with Gasteiger partial charge in [0.25, 0.3) is 5.91 Å². The van der Waals surface area contributed by atoms with Crippen molar-refractivity contribution in [2.24, 2.45) is 0 Å². The van der Waals surface area contributed by atoms with Crippen molar-refractivity contribution < 1.29 is 19.0 Å². The largest absolute Gasteiger partial charge is 0.486 e. The van der Waals surface area contributed by atoms with Crippen molar-refractivity contribution >= 4 is 11.6 Å². The maximum absolute atomic E-state index is 11.1. The first-order valence-corrected chi connectivity index (χ1v) is 4.69. The topological polar surface area (TPSA) is 56.8 Å². The van der Waals surface area contributed by atoms with Gasteiger partial charge in [0.05, 0.1) is 5.69 Å². The Morgan fingerprint density at radius 1 is 1.00 bits per heavy atom. The van der Waals surface area contributed by atoms with E-state index in [2.05, 4.69) is 5.32 Å². The summed E-state index contributed by atoms with van der Waals surface area (Å²) in [5, 5.41) is 2.71. The van der Waals surface area contributed by atoms with E-state index in [1.807, 2.05) is 0 Å². The third-order valence-electron chi connectivity index (χ3n) is 2.28. The number of hydrogen-bond acceptors (Lipinski definition) is 4. The van der Waals surface area contributed by atoms with Crippen LogP contribution in [0.1, 0.15) is 0 Å². The molecule has 15 heavy (non-hydrogen) atoms. The maximum atomic E-state index is 11.1. The number of benzene rings is 1. The van der Waals surface area contributed by atoms with Crippen LogP contribution in [-0.4, -0.2) is 25.7 Å². The molecule has 78 valence electrons. The number of rotatable bonds is 0. The van der Waals surface area contributed by atoms with Gasteiger partial charge in [-0.05, 0) is 0 Å². The van der Waals surface area contributed by atoms with Crippen LogP contribution in [0.3, 0.4) is 0 Å². The number of fused-ring (bicyclic) bond motifs is 2. The zero-order valence-corrected chi connectivity index (χ0v) is 7.91. The van der Waals surface area contributed by atoms with Crippen LogP contribution >= 0.6 is 0 Å². The highest BCUT2D eigenvalue weighted by Crippen LogP contribution is 2.40. The minimum Gasteiger partial charge on any atom is -0.486 e. The van der Waals surface area contributed by atoms with Gasteiger partial charge in [0.2, 0.25) is 0 Å². The van der Waals surface area contributed by atoms with E-state index in [1.165, 1.54) is 0 Å². The first-order valence-electron chi connectivity index (χ1n) is 4.69. The molecule has 1 aromatic carbocycles. The molecular formula is C10H9NO4. The molecule has 5 heteroatoms. The van der Waals surface area contributed by atoms with Crippen molar-refractivity contribution in [3.8, 4) is 17.2 Å². The maximum Gasteiger partial charge on any atom is 0.262 e. The monoisotopic (exact) mass is 207 g/mol. The number of carbonyl (C=O) groups is 1. The zero-order chi connectivity index (χ0) is 10.3. The summed E-state index contributed by atoms with van der Waals surface area (Å²) in [6.45, 7) is 1.12. The molecule has 2 aliphatic rings. The van der Waals surface area contributed by atoms with E-state index in [1.54, 1.807) is 12.1 Å². The van der Waals surface area contributed by atoms with E-state index in [0.29, 0.717) is 36.1 Å². The SMILES string of the molecule is O=C1COc2cc3c(cc2N1)OCCO3. The molecule has 0 saturated carbocycles. The average Bonchev–Trinajstić information content (AvgIpc) is 2.26. The highest BCUT2D eigenvalue weighted by Gasteiger charge is 2.21. The Labute approximate surface area is 85.9 Å². The number of nitrogens with one attached hydrogen (secondary N) is 1. The van der Waals surface area contributed by atoms with Crippen molar-refractivity contribution in [3.05, 3.63) is 12.1 Å². The lowest BCUT2D eigenvalue weighted by molar-refractivity contribution is -0.118. The van der Waals surface area contributed by atoms with Crippen LogP contribution in [0, 0.1) is 0 Å². The number of hydrogen-bond donors (Lipinski definition) is 1. The fourth-order valence-corrected chi connectivity index (χ4v) is 1.62. The Kier molecular flexibility index (Phi) is 1.71. The fraction of sp³-hybridized carbons (Fsp3) is 0.300. The summed E-state index contributed by atoms with van der Waals surface area (Å²) in [6.07, 6.45) is 0. The molecule has 0 bridgehead atoms. The van der Waals surface area contributed by atoms with Gasteiger partial charge in [-0.15, -0.1) is 0 Å². The summed E-state index contributed by atoms with van der Waals surface area (Å²) in [6, 6.07) is 3.46. The second-order valence-electron chi connectivity index (χ2n) is 3.33. The molecule has 0 fully saturated rings. The van der Waals surface area contributed by atoms with Gasteiger partial charge in [-0.3, -0.25) is 4.79 Å². The van der Waals surface area contributed by atoms with Crippen molar-refractivity contribution in [3.63, 3.8) is 0 Å². The molecule has 0 aliphatic carbocycles. The Morgan fingerprint density at radius 3 is 2.53 bits per heavy atom. The van der Waals surface area contributed by atoms with Crippen molar-refractivity contribution in [2.45, 2.75) is 0 Å². The predicted octanol–water partition coefficient (Wildman–Crippen LogP) is 0.789.